The topological polar surface area (TPSA) is 107 Å². The average molecular weight is 369 g/mol. The first-order valence-corrected chi connectivity index (χ1v) is 8.52. The van der Waals surface area contributed by atoms with Gasteiger partial charge in [-0.05, 0) is 25.1 Å². The first kappa shape index (κ1) is 17.2. The van der Waals surface area contributed by atoms with E-state index >= 15 is 0 Å². The van der Waals surface area contributed by atoms with Gasteiger partial charge in [0.2, 0.25) is 0 Å². The Kier molecular flexibility index (Phi) is 4.02. The number of hydrogen-bond donors (Lipinski definition) is 1. The molecule has 4 rings (SSSR count). The Hall–Kier alpha value is -4.18. The molecule has 28 heavy (non-hydrogen) atoms. The van der Waals surface area contributed by atoms with E-state index in [1.807, 2.05) is 43.3 Å². The molecule has 0 fully saturated rings. The Balaban J connectivity index is 2.10. The molecule has 2 N–H and O–H groups in total. The second-order valence-electron chi connectivity index (χ2n) is 6.37. The molecule has 0 bridgehead atoms. The maximum atomic E-state index is 12.9. The van der Waals surface area contributed by atoms with Crippen molar-refractivity contribution in [1.29, 1.82) is 5.26 Å². The van der Waals surface area contributed by atoms with E-state index in [1.165, 1.54) is 0 Å². The van der Waals surface area contributed by atoms with Crippen LogP contribution >= 0.6 is 0 Å². The zero-order chi connectivity index (χ0) is 19.8. The molecule has 0 radical (unpaired) electrons. The number of fused-ring (bicyclic) bond motifs is 1. The maximum absolute atomic E-state index is 12.9. The summed E-state index contributed by atoms with van der Waals surface area (Å²) in [5, 5.41) is 14.0. The zero-order valence-electron chi connectivity index (χ0n) is 15.0. The van der Waals surface area contributed by atoms with Gasteiger partial charge in [-0.15, -0.1) is 0 Å². The third-order valence-electron chi connectivity index (χ3n) is 4.55. The van der Waals surface area contributed by atoms with Crippen LogP contribution in [0.4, 0.5) is 0 Å². The first-order chi connectivity index (χ1) is 13.5. The van der Waals surface area contributed by atoms with Gasteiger partial charge in [0.1, 0.15) is 11.6 Å². The van der Waals surface area contributed by atoms with E-state index in [4.69, 9.17) is 5.84 Å². The van der Waals surface area contributed by atoms with E-state index in [0.717, 1.165) is 14.9 Å². The van der Waals surface area contributed by atoms with Crippen LogP contribution < -0.4 is 17.0 Å². The van der Waals surface area contributed by atoms with Crippen molar-refractivity contribution in [2.24, 2.45) is 0 Å². The molecule has 4 aromatic rings. The number of aromatic nitrogens is 3. The SMILES string of the molecule is Cc1ccc(-n2nc3c(=O)n(N)c(-c4ccccc4)cc3c(C#N)c2=O)cc1. The fraction of sp³-hybridized carbons (Fsp3) is 0.0476. The summed E-state index contributed by atoms with van der Waals surface area (Å²) >= 11 is 0. The predicted octanol–water partition coefficient (Wildman–Crippen LogP) is 2.11. The van der Waals surface area contributed by atoms with Crippen LogP contribution in [0, 0.1) is 18.3 Å². The molecule has 2 aromatic heterocycles. The van der Waals surface area contributed by atoms with Gasteiger partial charge in [0.05, 0.1) is 11.4 Å². The lowest BCUT2D eigenvalue weighted by Gasteiger charge is -2.12. The minimum absolute atomic E-state index is 0.0427. The minimum atomic E-state index is -0.591. The van der Waals surface area contributed by atoms with E-state index in [-0.39, 0.29) is 16.5 Å². The summed E-state index contributed by atoms with van der Waals surface area (Å²) in [4.78, 5) is 25.8. The van der Waals surface area contributed by atoms with Crippen molar-refractivity contribution in [2.45, 2.75) is 6.92 Å². The summed E-state index contributed by atoms with van der Waals surface area (Å²) < 4.78 is 2.04. The largest absolute Gasteiger partial charge is 0.336 e. The van der Waals surface area contributed by atoms with Crippen molar-refractivity contribution >= 4 is 10.9 Å². The van der Waals surface area contributed by atoms with E-state index in [1.54, 1.807) is 30.3 Å². The molecule has 2 heterocycles. The molecule has 0 saturated carbocycles. The molecule has 0 aliphatic heterocycles. The van der Waals surface area contributed by atoms with Crippen LogP contribution in [0.15, 0.2) is 70.3 Å². The quantitative estimate of drug-likeness (QED) is 0.545. The highest BCUT2D eigenvalue weighted by atomic mass is 16.1. The number of rotatable bonds is 2. The molecule has 0 aliphatic carbocycles. The van der Waals surface area contributed by atoms with E-state index in [9.17, 15) is 14.9 Å². The highest BCUT2D eigenvalue weighted by molar-refractivity contribution is 5.87. The number of hydrogen-bond acceptors (Lipinski definition) is 5. The molecule has 0 atom stereocenters. The van der Waals surface area contributed by atoms with Crippen LogP contribution in [0.2, 0.25) is 0 Å². The van der Waals surface area contributed by atoms with Crippen molar-refractivity contribution < 1.29 is 0 Å². The normalized spacial score (nSPS) is 10.7. The molecule has 0 saturated heterocycles. The standard InChI is InChI=1S/C21H15N5O2/c1-13-7-9-15(10-8-13)26-20(27)17(12-22)16-11-18(14-5-3-2-4-6-14)25(23)21(28)19(16)24-26/h2-11H,23H2,1H3. The van der Waals surface area contributed by atoms with Crippen molar-refractivity contribution in [1.82, 2.24) is 14.5 Å². The summed E-state index contributed by atoms with van der Waals surface area (Å²) in [6, 6.07) is 19.6. The lowest BCUT2D eigenvalue weighted by atomic mass is 10.1. The van der Waals surface area contributed by atoms with E-state index in [2.05, 4.69) is 5.10 Å². The zero-order valence-corrected chi connectivity index (χ0v) is 15.0. The summed E-state index contributed by atoms with van der Waals surface area (Å²) in [6.45, 7) is 1.92. The van der Waals surface area contributed by atoms with E-state index < -0.39 is 11.1 Å². The number of nitrogens with zero attached hydrogens (tertiary/aromatic N) is 4. The predicted molar refractivity (Wildman–Crippen MR) is 107 cm³/mol. The molecule has 0 unspecified atom stereocenters. The van der Waals surface area contributed by atoms with Gasteiger partial charge in [-0.2, -0.15) is 15.0 Å². The Morgan fingerprint density at radius 3 is 2.32 bits per heavy atom. The van der Waals surface area contributed by atoms with Gasteiger partial charge in [-0.3, -0.25) is 9.59 Å². The fourth-order valence-corrected chi connectivity index (χ4v) is 3.07. The van der Waals surface area contributed by atoms with Crippen LogP contribution in [0.3, 0.4) is 0 Å². The van der Waals surface area contributed by atoms with Gasteiger partial charge in [0, 0.05) is 10.9 Å². The lowest BCUT2D eigenvalue weighted by Crippen LogP contribution is -2.33. The Labute approximate surface area is 159 Å². The second kappa shape index (κ2) is 6.52. The Bertz CT molecular complexity index is 1360. The van der Waals surface area contributed by atoms with Crippen LogP contribution in [-0.2, 0) is 0 Å². The minimum Gasteiger partial charge on any atom is -0.336 e. The van der Waals surface area contributed by atoms with Gasteiger partial charge in [0.15, 0.2) is 5.52 Å². The van der Waals surface area contributed by atoms with E-state index in [0.29, 0.717) is 16.9 Å². The Morgan fingerprint density at radius 2 is 1.68 bits per heavy atom. The number of nitrogens with two attached hydrogens (primary N) is 1. The van der Waals surface area contributed by atoms with Gasteiger partial charge >= 0.3 is 0 Å². The van der Waals surface area contributed by atoms with Crippen molar-refractivity contribution in [3.8, 4) is 23.0 Å². The summed E-state index contributed by atoms with van der Waals surface area (Å²) in [7, 11) is 0. The highest BCUT2D eigenvalue weighted by Crippen LogP contribution is 2.21. The molecular formula is C21H15N5O2. The van der Waals surface area contributed by atoms with Crippen molar-refractivity contribution in [3.05, 3.63) is 92.5 Å². The number of nitriles is 1. The third-order valence-corrected chi connectivity index (χ3v) is 4.55. The maximum Gasteiger partial charge on any atom is 0.297 e. The smallest absolute Gasteiger partial charge is 0.297 e. The van der Waals surface area contributed by atoms with Crippen molar-refractivity contribution in [3.63, 3.8) is 0 Å². The highest BCUT2D eigenvalue weighted by Gasteiger charge is 2.18. The number of pyridine rings is 1. The molecule has 0 aliphatic rings. The summed E-state index contributed by atoms with van der Waals surface area (Å²) in [5.74, 6) is 6.01. The number of benzene rings is 2. The number of aryl methyl sites for hydroxylation is 1. The fourth-order valence-electron chi connectivity index (χ4n) is 3.07. The van der Waals surface area contributed by atoms with Crippen LogP contribution in [0.1, 0.15) is 11.1 Å². The monoisotopic (exact) mass is 369 g/mol. The summed E-state index contributed by atoms with van der Waals surface area (Å²) in [5.41, 5.74) is 1.18. The molecule has 2 aromatic carbocycles. The van der Waals surface area contributed by atoms with Crippen LogP contribution in [0.5, 0.6) is 0 Å². The van der Waals surface area contributed by atoms with Crippen LogP contribution in [0.25, 0.3) is 27.8 Å². The first-order valence-electron chi connectivity index (χ1n) is 8.52. The summed E-state index contributed by atoms with van der Waals surface area (Å²) in [6.07, 6.45) is 0. The Morgan fingerprint density at radius 1 is 1.00 bits per heavy atom. The molecule has 7 heteroatoms. The molecule has 0 amide bonds. The van der Waals surface area contributed by atoms with Crippen molar-refractivity contribution in [2.75, 3.05) is 5.84 Å². The molecule has 7 nitrogen and oxygen atoms in total. The van der Waals surface area contributed by atoms with Crippen LogP contribution in [-0.4, -0.2) is 14.5 Å². The van der Waals surface area contributed by atoms with Gasteiger partial charge in [-0.1, -0.05) is 48.0 Å². The van der Waals surface area contributed by atoms with Gasteiger partial charge in [-0.25, -0.2) is 4.68 Å². The third kappa shape index (κ3) is 2.64. The van der Waals surface area contributed by atoms with Gasteiger partial charge in [0.25, 0.3) is 11.1 Å². The molecular weight excluding hydrogens is 354 g/mol. The van der Waals surface area contributed by atoms with Gasteiger partial charge < -0.3 is 5.84 Å². The average Bonchev–Trinajstić information content (AvgIpc) is 2.72. The molecule has 0 spiro atoms. The number of nitrogen functional groups attached to an aromatic ring is 1. The lowest BCUT2D eigenvalue weighted by molar-refractivity contribution is 0.817. The molecule has 136 valence electrons. The second-order valence-corrected chi connectivity index (χ2v) is 6.37.